The van der Waals surface area contributed by atoms with Gasteiger partial charge in [0.25, 0.3) is 0 Å². The van der Waals surface area contributed by atoms with Gasteiger partial charge in [-0.3, -0.25) is 0 Å². The molecule has 0 unspecified atom stereocenters. The molecule has 2 rings (SSSR count). The molecule has 2 aromatic rings. The van der Waals surface area contributed by atoms with Crippen LogP contribution in [0.1, 0.15) is 5.56 Å². The summed E-state index contributed by atoms with van der Waals surface area (Å²) < 4.78 is 39.1. The predicted octanol–water partition coefficient (Wildman–Crippen LogP) is 4.37. The normalized spacial score (nSPS) is 10.4. The molecular weight excluding hydrogens is 263 g/mol. The number of rotatable bonds is 3. The highest BCUT2D eigenvalue weighted by molar-refractivity contribution is 6.31. The Labute approximate surface area is 107 Å². The van der Waals surface area contributed by atoms with Gasteiger partial charge in [-0.2, -0.15) is 0 Å². The first kappa shape index (κ1) is 12.8. The molecule has 0 atom stereocenters. The zero-order valence-corrected chi connectivity index (χ0v) is 9.94. The molecule has 94 valence electrons. The Bertz CT molecular complexity index is 572. The first-order chi connectivity index (χ1) is 8.56. The zero-order chi connectivity index (χ0) is 13.1. The average Bonchev–Trinajstić information content (AvgIpc) is 2.32. The second-order valence-electron chi connectivity index (χ2n) is 3.71. The van der Waals surface area contributed by atoms with E-state index in [1.807, 2.05) is 0 Å². The van der Waals surface area contributed by atoms with Crippen molar-refractivity contribution in [2.24, 2.45) is 0 Å². The van der Waals surface area contributed by atoms with E-state index in [9.17, 15) is 13.2 Å². The van der Waals surface area contributed by atoms with Gasteiger partial charge < -0.3 is 5.32 Å². The molecule has 0 aromatic heterocycles. The number of hydrogen-bond donors (Lipinski definition) is 1. The van der Waals surface area contributed by atoms with Crippen LogP contribution in [-0.4, -0.2) is 0 Å². The summed E-state index contributed by atoms with van der Waals surface area (Å²) in [4.78, 5) is 0. The fourth-order valence-corrected chi connectivity index (χ4v) is 1.72. The Morgan fingerprint density at radius 3 is 2.33 bits per heavy atom. The molecule has 0 spiro atoms. The van der Waals surface area contributed by atoms with E-state index in [0.29, 0.717) is 5.56 Å². The minimum Gasteiger partial charge on any atom is -0.378 e. The van der Waals surface area contributed by atoms with E-state index in [-0.39, 0.29) is 17.3 Å². The van der Waals surface area contributed by atoms with E-state index in [1.54, 1.807) is 0 Å². The van der Waals surface area contributed by atoms with Crippen LogP contribution in [0.5, 0.6) is 0 Å². The van der Waals surface area contributed by atoms with Crippen molar-refractivity contribution in [3.8, 4) is 0 Å². The molecule has 0 bridgehead atoms. The third kappa shape index (κ3) is 2.96. The van der Waals surface area contributed by atoms with E-state index >= 15 is 0 Å². The lowest BCUT2D eigenvalue weighted by Crippen LogP contribution is -2.02. The van der Waals surface area contributed by atoms with Crippen LogP contribution in [0, 0.1) is 17.5 Å². The second-order valence-corrected chi connectivity index (χ2v) is 4.12. The topological polar surface area (TPSA) is 12.0 Å². The molecule has 0 saturated carbocycles. The molecule has 0 heterocycles. The van der Waals surface area contributed by atoms with E-state index in [0.717, 1.165) is 18.2 Å². The van der Waals surface area contributed by atoms with Gasteiger partial charge in [0.1, 0.15) is 17.5 Å². The first-order valence-corrected chi connectivity index (χ1v) is 5.57. The minimum absolute atomic E-state index is 0.0374. The Hall–Kier alpha value is -1.68. The zero-order valence-electron chi connectivity index (χ0n) is 9.18. The Kier molecular flexibility index (Phi) is 3.77. The summed E-state index contributed by atoms with van der Waals surface area (Å²) >= 11 is 5.82. The molecule has 0 aliphatic carbocycles. The van der Waals surface area contributed by atoms with Gasteiger partial charge in [-0.15, -0.1) is 0 Å². The summed E-state index contributed by atoms with van der Waals surface area (Å²) in [5.41, 5.74) is 0.636. The lowest BCUT2D eigenvalue weighted by molar-refractivity contribution is 0.602. The van der Waals surface area contributed by atoms with Crippen LogP contribution in [0.4, 0.5) is 18.9 Å². The van der Waals surface area contributed by atoms with Crippen molar-refractivity contribution in [1.82, 2.24) is 0 Å². The van der Waals surface area contributed by atoms with Crippen molar-refractivity contribution < 1.29 is 13.2 Å². The predicted molar refractivity (Wildman–Crippen MR) is 65.1 cm³/mol. The van der Waals surface area contributed by atoms with Crippen molar-refractivity contribution >= 4 is 17.3 Å². The molecule has 0 aliphatic rings. The molecule has 0 saturated heterocycles. The molecule has 2 aromatic carbocycles. The van der Waals surface area contributed by atoms with E-state index in [1.165, 1.54) is 18.2 Å². The molecular formula is C13H9ClF3N. The summed E-state index contributed by atoms with van der Waals surface area (Å²) in [7, 11) is 0. The number of benzene rings is 2. The van der Waals surface area contributed by atoms with Crippen LogP contribution in [0.15, 0.2) is 36.4 Å². The SMILES string of the molecule is Fc1ccc(CNc2cc(F)ccc2F)c(Cl)c1. The van der Waals surface area contributed by atoms with E-state index in [2.05, 4.69) is 5.32 Å². The first-order valence-electron chi connectivity index (χ1n) is 5.19. The molecule has 0 amide bonds. The van der Waals surface area contributed by atoms with Crippen LogP contribution in [0.2, 0.25) is 5.02 Å². The van der Waals surface area contributed by atoms with Crippen molar-refractivity contribution in [1.29, 1.82) is 0 Å². The number of nitrogens with one attached hydrogen (secondary N) is 1. The van der Waals surface area contributed by atoms with E-state index in [4.69, 9.17) is 11.6 Å². The molecule has 1 N–H and O–H groups in total. The van der Waals surface area contributed by atoms with Crippen molar-refractivity contribution in [2.45, 2.75) is 6.54 Å². The summed E-state index contributed by atoms with van der Waals surface area (Å²) in [6.45, 7) is 0.180. The minimum atomic E-state index is -0.561. The van der Waals surface area contributed by atoms with Gasteiger partial charge in [0, 0.05) is 11.6 Å². The highest BCUT2D eigenvalue weighted by Gasteiger charge is 2.05. The summed E-state index contributed by atoms with van der Waals surface area (Å²) in [6, 6.07) is 7.02. The largest absolute Gasteiger partial charge is 0.378 e. The van der Waals surface area contributed by atoms with E-state index < -0.39 is 17.5 Å². The molecule has 5 heteroatoms. The Morgan fingerprint density at radius 2 is 1.61 bits per heavy atom. The monoisotopic (exact) mass is 271 g/mol. The van der Waals surface area contributed by atoms with Gasteiger partial charge in [0.05, 0.1) is 5.69 Å². The highest BCUT2D eigenvalue weighted by atomic mass is 35.5. The standard InChI is InChI=1S/C13H9ClF3N/c14-11-5-9(15)2-1-8(11)7-18-13-6-10(16)3-4-12(13)17/h1-6,18H,7H2. The lowest BCUT2D eigenvalue weighted by Gasteiger charge is -2.09. The van der Waals surface area contributed by atoms with Gasteiger partial charge >= 0.3 is 0 Å². The number of anilines is 1. The summed E-state index contributed by atoms with van der Waals surface area (Å²) in [5, 5.41) is 2.94. The Morgan fingerprint density at radius 1 is 0.944 bits per heavy atom. The van der Waals surface area contributed by atoms with Gasteiger partial charge in [-0.1, -0.05) is 17.7 Å². The molecule has 0 radical (unpaired) electrons. The maximum atomic E-state index is 13.3. The smallest absolute Gasteiger partial charge is 0.146 e. The molecule has 1 nitrogen and oxygen atoms in total. The molecule has 0 fully saturated rings. The summed E-state index contributed by atoms with van der Waals surface area (Å²) in [6.07, 6.45) is 0. The highest BCUT2D eigenvalue weighted by Crippen LogP contribution is 2.20. The number of hydrogen-bond acceptors (Lipinski definition) is 1. The molecule has 18 heavy (non-hydrogen) atoms. The maximum absolute atomic E-state index is 13.3. The van der Waals surface area contributed by atoms with Gasteiger partial charge in [-0.05, 0) is 35.9 Å². The average molecular weight is 272 g/mol. The van der Waals surface area contributed by atoms with Crippen molar-refractivity contribution in [2.75, 3.05) is 5.32 Å². The second kappa shape index (κ2) is 5.31. The summed E-state index contributed by atoms with van der Waals surface area (Å²) in [5.74, 6) is -1.54. The van der Waals surface area contributed by atoms with Crippen LogP contribution in [0.25, 0.3) is 0 Å². The number of halogens is 4. The van der Waals surface area contributed by atoms with Crippen molar-refractivity contribution in [3.05, 3.63) is 64.4 Å². The Balaban J connectivity index is 2.13. The maximum Gasteiger partial charge on any atom is 0.146 e. The fraction of sp³-hybridized carbons (Fsp3) is 0.0769. The van der Waals surface area contributed by atoms with Crippen molar-refractivity contribution in [3.63, 3.8) is 0 Å². The van der Waals surface area contributed by atoms with Gasteiger partial charge in [0.15, 0.2) is 0 Å². The van der Waals surface area contributed by atoms with Crippen LogP contribution >= 0.6 is 11.6 Å². The molecule has 0 aliphatic heterocycles. The quantitative estimate of drug-likeness (QED) is 0.874. The van der Waals surface area contributed by atoms with Crippen LogP contribution < -0.4 is 5.32 Å². The fourth-order valence-electron chi connectivity index (χ4n) is 1.49. The van der Waals surface area contributed by atoms with Crippen LogP contribution in [-0.2, 0) is 6.54 Å². The third-order valence-electron chi connectivity index (χ3n) is 2.41. The van der Waals surface area contributed by atoms with Crippen LogP contribution in [0.3, 0.4) is 0 Å². The lowest BCUT2D eigenvalue weighted by atomic mass is 10.2. The third-order valence-corrected chi connectivity index (χ3v) is 2.76. The van der Waals surface area contributed by atoms with Gasteiger partial charge in [-0.25, -0.2) is 13.2 Å². The van der Waals surface area contributed by atoms with Gasteiger partial charge in [0.2, 0.25) is 0 Å².